The number of halogens is 2. The molecule has 0 bridgehead atoms. The maximum Gasteiger partial charge on any atom is 0.160 e. The van der Waals surface area contributed by atoms with Crippen LogP contribution in [0.5, 0.6) is 0 Å². The monoisotopic (exact) mass is 305 g/mol. The van der Waals surface area contributed by atoms with Crippen molar-refractivity contribution in [3.05, 3.63) is 26.1 Å². The van der Waals surface area contributed by atoms with Gasteiger partial charge in [0.15, 0.2) is 3.92 Å². The summed E-state index contributed by atoms with van der Waals surface area (Å²) in [5.74, 6) is 0. The van der Waals surface area contributed by atoms with E-state index in [2.05, 4.69) is 55.9 Å². The van der Waals surface area contributed by atoms with E-state index in [1.54, 1.807) is 11.3 Å². The van der Waals surface area contributed by atoms with E-state index in [4.69, 9.17) is 0 Å². The number of benzene rings is 1. The van der Waals surface area contributed by atoms with Crippen molar-refractivity contribution >= 4 is 53.4 Å². The first-order valence-corrected chi connectivity index (χ1v) is 5.80. The van der Waals surface area contributed by atoms with Gasteiger partial charge in [0.25, 0.3) is 0 Å². The molecular weight excluding hydrogens is 302 g/mol. The van der Waals surface area contributed by atoms with Gasteiger partial charge >= 0.3 is 0 Å². The zero-order valence-corrected chi connectivity index (χ0v) is 10.3. The smallest absolute Gasteiger partial charge is 0.160 e. The lowest BCUT2D eigenvalue weighted by Crippen LogP contribution is -1.75. The molecule has 0 unspecified atom stereocenters. The summed E-state index contributed by atoms with van der Waals surface area (Å²) in [6, 6.07) is 4.13. The molecule has 0 saturated carbocycles. The second-order valence-electron chi connectivity index (χ2n) is 2.51. The van der Waals surface area contributed by atoms with Gasteiger partial charge in [0, 0.05) is 4.47 Å². The summed E-state index contributed by atoms with van der Waals surface area (Å²) in [4.78, 5) is 4.38. The minimum absolute atomic E-state index is 0.938. The minimum Gasteiger partial charge on any atom is -0.229 e. The molecule has 0 saturated heterocycles. The average molecular weight is 307 g/mol. The van der Waals surface area contributed by atoms with Gasteiger partial charge in [-0.25, -0.2) is 4.98 Å². The van der Waals surface area contributed by atoms with Crippen molar-refractivity contribution in [1.29, 1.82) is 0 Å². The summed E-state index contributed by atoms with van der Waals surface area (Å²) in [7, 11) is 0. The largest absolute Gasteiger partial charge is 0.229 e. The van der Waals surface area contributed by atoms with Crippen molar-refractivity contribution in [3.8, 4) is 0 Å². The molecule has 0 amide bonds. The van der Waals surface area contributed by atoms with E-state index in [-0.39, 0.29) is 0 Å². The van der Waals surface area contributed by atoms with Crippen molar-refractivity contribution in [2.45, 2.75) is 6.92 Å². The van der Waals surface area contributed by atoms with Crippen LogP contribution in [0, 0.1) is 6.92 Å². The molecule has 12 heavy (non-hydrogen) atoms. The number of rotatable bonds is 0. The first kappa shape index (κ1) is 8.66. The predicted molar refractivity (Wildman–Crippen MR) is 59.8 cm³/mol. The van der Waals surface area contributed by atoms with Crippen LogP contribution in [0.15, 0.2) is 20.5 Å². The Morgan fingerprint density at radius 3 is 2.75 bits per heavy atom. The van der Waals surface area contributed by atoms with E-state index in [9.17, 15) is 0 Å². The van der Waals surface area contributed by atoms with E-state index in [0.717, 1.165) is 13.9 Å². The molecule has 0 fully saturated rings. The van der Waals surface area contributed by atoms with Crippen LogP contribution in [0.4, 0.5) is 0 Å². The molecule has 4 heteroatoms. The Morgan fingerprint density at radius 1 is 1.33 bits per heavy atom. The van der Waals surface area contributed by atoms with Crippen molar-refractivity contribution in [1.82, 2.24) is 4.98 Å². The van der Waals surface area contributed by atoms with Crippen molar-refractivity contribution in [3.63, 3.8) is 0 Å². The highest BCUT2D eigenvalue weighted by molar-refractivity contribution is 9.11. The Balaban J connectivity index is 2.93. The maximum atomic E-state index is 4.38. The van der Waals surface area contributed by atoms with Crippen LogP contribution < -0.4 is 0 Å². The highest BCUT2D eigenvalue weighted by Gasteiger charge is 2.06. The van der Waals surface area contributed by atoms with Crippen molar-refractivity contribution in [2.75, 3.05) is 0 Å². The summed E-state index contributed by atoms with van der Waals surface area (Å²) >= 11 is 8.52. The fourth-order valence-electron chi connectivity index (χ4n) is 1.08. The quantitative estimate of drug-likeness (QED) is 0.713. The molecule has 1 nitrogen and oxygen atoms in total. The summed E-state index contributed by atoms with van der Waals surface area (Å²) in [6.45, 7) is 2.07. The lowest BCUT2D eigenvalue weighted by atomic mass is 10.2. The van der Waals surface area contributed by atoms with E-state index in [1.165, 1.54) is 10.3 Å². The third-order valence-electron chi connectivity index (χ3n) is 1.67. The van der Waals surface area contributed by atoms with Gasteiger partial charge in [-0.15, -0.1) is 11.3 Å². The summed E-state index contributed by atoms with van der Waals surface area (Å²) in [6.07, 6.45) is 0. The van der Waals surface area contributed by atoms with Gasteiger partial charge in [0.1, 0.15) is 0 Å². The third kappa shape index (κ3) is 1.32. The molecule has 1 aromatic carbocycles. The fourth-order valence-corrected chi connectivity index (χ4v) is 3.08. The van der Waals surface area contributed by atoms with Crippen LogP contribution in [-0.2, 0) is 0 Å². The number of nitrogens with zero attached hydrogens (tertiary/aromatic N) is 1. The lowest BCUT2D eigenvalue weighted by molar-refractivity contribution is 1.39. The first-order chi connectivity index (χ1) is 5.68. The Labute approximate surface area is 91.1 Å². The summed E-state index contributed by atoms with van der Waals surface area (Å²) in [5, 5.41) is 0. The van der Waals surface area contributed by atoms with Crippen molar-refractivity contribution in [2.24, 2.45) is 0 Å². The molecular formula is C8H5Br2NS. The number of hydrogen-bond acceptors (Lipinski definition) is 2. The molecule has 0 aliphatic rings. The fraction of sp³-hybridized carbons (Fsp3) is 0.125. The third-order valence-corrected chi connectivity index (χ3v) is 4.13. The van der Waals surface area contributed by atoms with Crippen LogP contribution in [0.3, 0.4) is 0 Å². The zero-order chi connectivity index (χ0) is 8.72. The van der Waals surface area contributed by atoms with Crippen LogP contribution in [-0.4, -0.2) is 4.98 Å². The SMILES string of the molecule is Cc1ccc(Br)c2sc(Br)nc12. The number of aryl methyl sites for hydroxylation is 1. The minimum atomic E-state index is 0.938. The molecule has 62 valence electrons. The molecule has 0 spiro atoms. The normalized spacial score (nSPS) is 10.9. The number of hydrogen-bond donors (Lipinski definition) is 0. The molecule has 2 rings (SSSR count). The van der Waals surface area contributed by atoms with Gasteiger partial charge in [-0.3, -0.25) is 0 Å². The van der Waals surface area contributed by atoms with Gasteiger partial charge in [-0.05, 0) is 50.4 Å². The number of thiazole rings is 1. The molecule has 0 aliphatic carbocycles. The van der Waals surface area contributed by atoms with Gasteiger partial charge in [-0.2, -0.15) is 0 Å². The number of fused-ring (bicyclic) bond motifs is 1. The summed E-state index contributed by atoms with van der Waals surface area (Å²) < 4.78 is 3.26. The second-order valence-corrected chi connectivity index (χ2v) is 5.64. The molecule has 1 aromatic heterocycles. The molecule has 2 aromatic rings. The predicted octanol–water partition coefficient (Wildman–Crippen LogP) is 4.13. The Morgan fingerprint density at radius 2 is 2.08 bits per heavy atom. The molecule has 0 aliphatic heterocycles. The van der Waals surface area contributed by atoms with Crippen LogP contribution >= 0.6 is 43.2 Å². The van der Waals surface area contributed by atoms with Gasteiger partial charge in [0.2, 0.25) is 0 Å². The lowest BCUT2D eigenvalue weighted by Gasteiger charge is -1.94. The van der Waals surface area contributed by atoms with E-state index in [1.807, 2.05) is 0 Å². The van der Waals surface area contributed by atoms with Crippen LogP contribution in [0.1, 0.15) is 5.56 Å². The molecule has 1 heterocycles. The molecule has 0 radical (unpaired) electrons. The number of aromatic nitrogens is 1. The summed E-state index contributed by atoms with van der Waals surface area (Å²) in [5.41, 5.74) is 2.30. The Bertz CT molecular complexity index is 397. The highest BCUT2D eigenvalue weighted by atomic mass is 79.9. The van der Waals surface area contributed by atoms with Gasteiger partial charge in [-0.1, -0.05) is 6.07 Å². The molecule has 0 N–H and O–H groups in total. The Hall–Kier alpha value is 0.0700. The average Bonchev–Trinajstić information content (AvgIpc) is 2.41. The van der Waals surface area contributed by atoms with E-state index in [0.29, 0.717) is 0 Å². The van der Waals surface area contributed by atoms with E-state index >= 15 is 0 Å². The van der Waals surface area contributed by atoms with Crippen LogP contribution in [0.25, 0.3) is 10.2 Å². The second kappa shape index (κ2) is 3.09. The van der Waals surface area contributed by atoms with Gasteiger partial charge < -0.3 is 0 Å². The standard InChI is InChI=1S/C8H5Br2NS/c1-4-2-3-5(9)7-6(4)11-8(10)12-7/h2-3H,1H3. The highest BCUT2D eigenvalue weighted by Crippen LogP contribution is 2.33. The Kier molecular flexibility index (Phi) is 2.23. The maximum absolute atomic E-state index is 4.38. The first-order valence-electron chi connectivity index (χ1n) is 3.39. The zero-order valence-electron chi connectivity index (χ0n) is 6.27. The molecule has 0 atom stereocenters. The van der Waals surface area contributed by atoms with Gasteiger partial charge in [0.05, 0.1) is 10.2 Å². The van der Waals surface area contributed by atoms with E-state index < -0.39 is 0 Å². The van der Waals surface area contributed by atoms with Crippen LogP contribution in [0.2, 0.25) is 0 Å². The van der Waals surface area contributed by atoms with Crippen molar-refractivity contribution < 1.29 is 0 Å². The topological polar surface area (TPSA) is 12.9 Å².